The molecule has 168 valence electrons. The molecule has 0 unspecified atom stereocenters. The summed E-state index contributed by atoms with van der Waals surface area (Å²) in [5.41, 5.74) is 0.979. The Hall–Kier alpha value is -3.83. The number of carbonyl (C=O) groups is 2. The van der Waals surface area contributed by atoms with Crippen molar-refractivity contribution < 1.29 is 24.2 Å². The van der Waals surface area contributed by atoms with E-state index in [1.54, 1.807) is 30.1 Å². The van der Waals surface area contributed by atoms with Gasteiger partial charge in [-0.05, 0) is 17.7 Å². The number of ether oxygens (including phenoxy) is 2. The van der Waals surface area contributed by atoms with Crippen LogP contribution in [0, 0.1) is 0 Å². The number of pyridine rings is 1. The van der Waals surface area contributed by atoms with E-state index in [0.29, 0.717) is 30.4 Å². The Kier molecular flexibility index (Phi) is 7.84. The second kappa shape index (κ2) is 11.0. The van der Waals surface area contributed by atoms with Crippen LogP contribution in [0.4, 0.5) is 0 Å². The number of morpholine rings is 1. The number of rotatable bonds is 6. The Morgan fingerprint density at radius 2 is 2.00 bits per heavy atom. The highest BCUT2D eigenvalue weighted by Crippen LogP contribution is 2.34. The van der Waals surface area contributed by atoms with E-state index in [-0.39, 0.29) is 24.5 Å². The molecule has 1 saturated heterocycles. The van der Waals surface area contributed by atoms with Crippen LogP contribution in [0.1, 0.15) is 23.5 Å². The first-order valence-electron chi connectivity index (χ1n) is 9.74. The molecule has 0 radical (unpaired) electrons. The summed E-state index contributed by atoms with van der Waals surface area (Å²) in [6.07, 6.45) is 0.996. The van der Waals surface area contributed by atoms with E-state index < -0.39 is 12.1 Å². The zero-order valence-electron chi connectivity index (χ0n) is 17.3. The maximum absolute atomic E-state index is 12.2. The number of benzene rings is 1. The summed E-state index contributed by atoms with van der Waals surface area (Å²) in [7, 11) is 1.60. The molecule has 0 bridgehead atoms. The van der Waals surface area contributed by atoms with Crippen molar-refractivity contribution in [1.82, 2.24) is 25.1 Å². The van der Waals surface area contributed by atoms with E-state index in [1.807, 2.05) is 30.3 Å². The number of nitrogens with one attached hydrogen (secondary N) is 2. The number of H-pyrrole nitrogens is 1. The minimum atomic E-state index is -0.559. The molecule has 1 aliphatic rings. The maximum atomic E-state index is 12.2. The van der Waals surface area contributed by atoms with Crippen molar-refractivity contribution >= 4 is 12.4 Å². The lowest BCUT2D eigenvalue weighted by molar-refractivity contribution is -0.138. The van der Waals surface area contributed by atoms with Gasteiger partial charge in [-0.1, -0.05) is 30.3 Å². The van der Waals surface area contributed by atoms with Gasteiger partial charge in [-0.3, -0.25) is 14.4 Å². The normalized spacial score (nSPS) is 17.7. The highest BCUT2D eigenvalue weighted by molar-refractivity contribution is 5.78. The zero-order chi connectivity index (χ0) is 22.9. The van der Waals surface area contributed by atoms with Gasteiger partial charge in [-0.25, -0.2) is 9.67 Å². The van der Waals surface area contributed by atoms with Gasteiger partial charge in [-0.2, -0.15) is 5.10 Å². The number of aromatic amines is 1. The Labute approximate surface area is 183 Å². The minimum absolute atomic E-state index is 0.0770. The van der Waals surface area contributed by atoms with E-state index in [2.05, 4.69) is 20.4 Å². The molecule has 3 N–H and O–H groups in total. The first-order valence-corrected chi connectivity index (χ1v) is 9.74. The third-order valence-electron chi connectivity index (χ3n) is 4.69. The van der Waals surface area contributed by atoms with Crippen LogP contribution in [0.2, 0.25) is 0 Å². The van der Waals surface area contributed by atoms with Crippen LogP contribution in [0.25, 0.3) is 11.4 Å². The van der Waals surface area contributed by atoms with Crippen LogP contribution in [0.15, 0.2) is 53.5 Å². The Balaban J connectivity index is 0.000000913. The Morgan fingerprint density at radius 1 is 1.25 bits per heavy atom. The first kappa shape index (κ1) is 22.8. The highest BCUT2D eigenvalue weighted by atomic mass is 16.5. The van der Waals surface area contributed by atoms with Gasteiger partial charge in [0, 0.05) is 13.3 Å². The lowest BCUT2D eigenvalue weighted by atomic mass is 9.99. The molecule has 1 aromatic carbocycles. The summed E-state index contributed by atoms with van der Waals surface area (Å²) < 4.78 is 12.7. The molecule has 3 aromatic rings. The van der Waals surface area contributed by atoms with Crippen molar-refractivity contribution in [3.05, 3.63) is 70.4 Å². The molecule has 4 rings (SSSR count). The van der Waals surface area contributed by atoms with Gasteiger partial charge in [0.1, 0.15) is 12.7 Å². The summed E-state index contributed by atoms with van der Waals surface area (Å²) in [5.74, 6) is 0.622. The first-order chi connectivity index (χ1) is 15.6. The van der Waals surface area contributed by atoms with Crippen molar-refractivity contribution in [3.8, 4) is 11.4 Å². The van der Waals surface area contributed by atoms with Crippen molar-refractivity contribution in [2.45, 2.75) is 18.7 Å². The fraction of sp³-hybridized carbons (Fsp3) is 0.286. The predicted molar refractivity (Wildman–Crippen MR) is 113 cm³/mol. The van der Waals surface area contributed by atoms with Gasteiger partial charge in [0.05, 0.1) is 24.8 Å². The fourth-order valence-electron chi connectivity index (χ4n) is 3.31. The molecule has 11 heteroatoms. The lowest BCUT2D eigenvalue weighted by Gasteiger charge is -2.32. The number of carboxylic acid groups (broad SMARTS) is 1. The summed E-state index contributed by atoms with van der Waals surface area (Å²) in [5, 5.41) is 14.4. The molecule has 2 aromatic heterocycles. The average Bonchev–Trinajstić information content (AvgIpc) is 3.22. The molecule has 1 aliphatic heterocycles. The molecule has 3 heterocycles. The molecule has 0 saturated carbocycles. The third kappa shape index (κ3) is 5.25. The molecular formula is C21H23N5O6. The van der Waals surface area contributed by atoms with Crippen LogP contribution in [-0.2, 0) is 25.6 Å². The quantitative estimate of drug-likeness (QED) is 0.478. The van der Waals surface area contributed by atoms with Crippen molar-refractivity contribution in [2.75, 3.05) is 20.3 Å². The van der Waals surface area contributed by atoms with Gasteiger partial charge < -0.3 is 24.9 Å². The van der Waals surface area contributed by atoms with E-state index in [9.17, 15) is 9.59 Å². The van der Waals surface area contributed by atoms with Crippen LogP contribution >= 0.6 is 0 Å². The molecule has 1 fully saturated rings. The average molecular weight is 441 g/mol. The van der Waals surface area contributed by atoms with E-state index in [1.165, 1.54) is 0 Å². The zero-order valence-corrected chi connectivity index (χ0v) is 17.3. The molecular weight excluding hydrogens is 418 g/mol. The van der Waals surface area contributed by atoms with Gasteiger partial charge in [-0.15, -0.1) is 0 Å². The monoisotopic (exact) mass is 441 g/mol. The molecule has 1 amide bonds. The summed E-state index contributed by atoms with van der Waals surface area (Å²) in [4.78, 5) is 39.8. The standard InChI is InChI=1S/C20H21N5O4.CH2O2/c1-28-11-10-25-19(23-18(24-25)14-8-5-9-21-20(14)27)17-16(22-15(26)12-29-17)13-6-3-2-4-7-13;2-1-3/h2-9,16-17H,10-12H2,1H3,(H,21,27)(H,22,26);1H,(H,2,3)/t16-,17+;/m1./s1. The van der Waals surface area contributed by atoms with Crippen molar-refractivity contribution in [3.63, 3.8) is 0 Å². The molecule has 0 spiro atoms. The number of hydrogen-bond acceptors (Lipinski definition) is 7. The number of carbonyl (C=O) groups excluding carboxylic acids is 1. The van der Waals surface area contributed by atoms with E-state index in [0.717, 1.165) is 5.56 Å². The second-order valence-electron chi connectivity index (χ2n) is 6.72. The molecule has 2 atom stereocenters. The molecule has 0 aliphatic carbocycles. The number of amides is 1. The van der Waals surface area contributed by atoms with Gasteiger partial charge in [0.25, 0.3) is 12.0 Å². The number of hydrogen-bond donors (Lipinski definition) is 3. The third-order valence-corrected chi connectivity index (χ3v) is 4.69. The van der Waals surface area contributed by atoms with Gasteiger partial charge >= 0.3 is 0 Å². The van der Waals surface area contributed by atoms with Gasteiger partial charge in [0.2, 0.25) is 5.91 Å². The minimum Gasteiger partial charge on any atom is -0.483 e. The number of methoxy groups -OCH3 is 1. The summed E-state index contributed by atoms with van der Waals surface area (Å²) in [6, 6.07) is 12.5. The maximum Gasteiger partial charge on any atom is 0.290 e. The SMILES string of the molecule is COCCn1nc(-c2ccc[nH]c2=O)nc1[C@H]1OCC(=O)N[C@@H]1c1ccccc1.O=CO. The Bertz CT molecular complexity index is 1100. The topological polar surface area (TPSA) is 148 Å². The van der Waals surface area contributed by atoms with Crippen LogP contribution in [0.3, 0.4) is 0 Å². The fourth-order valence-corrected chi connectivity index (χ4v) is 3.31. The smallest absolute Gasteiger partial charge is 0.290 e. The summed E-state index contributed by atoms with van der Waals surface area (Å²) >= 11 is 0. The van der Waals surface area contributed by atoms with E-state index in [4.69, 9.17) is 19.4 Å². The lowest BCUT2D eigenvalue weighted by Crippen LogP contribution is -2.42. The largest absolute Gasteiger partial charge is 0.483 e. The highest BCUT2D eigenvalue weighted by Gasteiger charge is 2.36. The van der Waals surface area contributed by atoms with Crippen molar-refractivity contribution in [1.29, 1.82) is 0 Å². The second-order valence-corrected chi connectivity index (χ2v) is 6.72. The Morgan fingerprint density at radius 3 is 2.69 bits per heavy atom. The van der Waals surface area contributed by atoms with Gasteiger partial charge in [0.15, 0.2) is 11.6 Å². The molecule has 32 heavy (non-hydrogen) atoms. The number of nitrogens with zero attached hydrogens (tertiary/aromatic N) is 3. The van der Waals surface area contributed by atoms with Crippen molar-refractivity contribution in [2.24, 2.45) is 0 Å². The number of aromatic nitrogens is 4. The van der Waals surface area contributed by atoms with Crippen LogP contribution in [0.5, 0.6) is 0 Å². The molecule has 11 nitrogen and oxygen atoms in total. The van der Waals surface area contributed by atoms with E-state index >= 15 is 0 Å². The summed E-state index contributed by atoms with van der Waals surface area (Å²) in [6.45, 7) is 0.515. The van der Waals surface area contributed by atoms with Crippen LogP contribution in [-0.4, -0.2) is 57.6 Å². The predicted octanol–water partition coefficient (Wildman–Crippen LogP) is 0.909. The van der Waals surface area contributed by atoms with Crippen LogP contribution < -0.4 is 10.9 Å².